The number of fused-ring (bicyclic) bond motifs is 3. The number of aliphatic hydroxyl groups is 1. The maximum Gasteiger partial charge on any atom is 0.165 e. The monoisotopic (exact) mass is 386 g/mol. The summed E-state index contributed by atoms with van der Waals surface area (Å²) in [5.41, 5.74) is 10.6. The molecule has 3 aromatic rings. The molecule has 3 atom stereocenters. The van der Waals surface area contributed by atoms with Crippen LogP contribution in [0.4, 0.5) is 5.82 Å². The fraction of sp³-hybridized carbons (Fsp3) is 0.421. The second-order valence-corrected chi connectivity index (χ2v) is 7.40. The van der Waals surface area contributed by atoms with E-state index in [1.807, 2.05) is 18.2 Å². The van der Waals surface area contributed by atoms with Crippen LogP contribution in [-0.4, -0.2) is 36.8 Å². The number of rotatable bonds is 3. The largest absolute Gasteiger partial charge is 0.390 e. The summed E-state index contributed by atoms with van der Waals surface area (Å²) in [6.45, 7) is -0.0670. The Morgan fingerprint density at radius 3 is 2.63 bits per heavy atom. The van der Waals surface area contributed by atoms with Crippen molar-refractivity contribution in [3.8, 4) is 11.1 Å². The standard InChI is InChI=1S/C19H22N6O.ClH/c20-18-7-17(12-5-13-3-4-14(6-12)23-13)24-19-16(9-22-25(18)19)11-1-2-15(10-26)21-8-11;/h1-2,7-9,12-14,23,26H,3-6,10,20H2;1H/t12?,13-,14+;. The Morgan fingerprint density at radius 2 is 1.96 bits per heavy atom. The van der Waals surface area contributed by atoms with Crippen LogP contribution >= 0.6 is 12.4 Å². The number of hydrogen-bond donors (Lipinski definition) is 3. The lowest BCUT2D eigenvalue weighted by Gasteiger charge is -2.28. The summed E-state index contributed by atoms with van der Waals surface area (Å²) in [5.74, 6) is 1.06. The van der Waals surface area contributed by atoms with Crippen LogP contribution in [0.5, 0.6) is 0 Å². The van der Waals surface area contributed by atoms with Gasteiger partial charge in [0.2, 0.25) is 0 Å². The summed E-state index contributed by atoms with van der Waals surface area (Å²) >= 11 is 0. The molecule has 0 saturated carbocycles. The number of nitrogens with two attached hydrogens (primary N) is 1. The third-order valence-electron chi connectivity index (χ3n) is 5.71. The fourth-order valence-electron chi connectivity index (χ4n) is 4.39. The zero-order chi connectivity index (χ0) is 17.7. The van der Waals surface area contributed by atoms with E-state index in [0.29, 0.717) is 29.5 Å². The van der Waals surface area contributed by atoms with Crippen LogP contribution in [0, 0.1) is 0 Å². The van der Waals surface area contributed by atoms with Gasteiger partial charge in [-0.05, 0) is 31.7 Å². The summed E-state index contributed by atoms with van der Waals surface area (Å²) < 4.78 is 1.69. The van der Waals surface area contributed by atoms with Crippen LogP contribution in [0.15, 0.2) is 30.6 Å². The minimum atomic E-state index is -0.0670. The Balaban J connectivity index is 0.00000180. The van der Waals surface area contributed by atoms with E-state index in [1.165, 1.54) is 12.8 Å². The Morgan fingerprint density at radius 1 is 1.19 bits per heavy atom. The maximum atomic E-state index is 9.18. The molecule has 3 aromatic heterocycles. The van der Waals surface area contributed by atoms with Crippen molar-refractivity contribution in [2.75, 3.05) is 5.73 Å². The highest BCUT2D eigenvalue weighted by molar-refractivity contribution is 5.85. The molecular formula is C19H23ClN6O. The average molecular weight is 387 g/mol. The number of nitrogens with one attached hydrogen (secondary N) is 1. The van der Waals surface area contributed by atoms with Gasteiger partial charge in [-0.1, -0.05) is 6.07 Å². The predicted molar refractivity (Wildman–Crippen MR) is 106 cm³/mol. The van der Waals surface area contributed by atoms with Crippen LogP contribution < -0.4 is 11.1 Å². The molecule has 2 bridgehead atoms. The van der Waals surface area contributed by atoms with E-state index in [-0.39, 0.29) is 19.0 Å². The van der Waals surface area contributed by atoms with Crippen LogP contribution in [0.2, 0.25) is 0 Å². The number of piperidine rings is 1. The molecule has 2 aliphatic heterocycles. The highest BCUT2D eigenvalue weighted by atomic mass is 35.5. The van der Waals surface area contributed by atoms with Gasteiger partial charge >= 0.3 is 0 Å². The van der Waals surface area contributed by atoms with Crippen molar-refractivity contribution in [2.45, 2.75) is 50.3 Å². The molecule has 8 heteroatoms. The second kappa shape index (κ2) is 7.07. The van der Waals surface area contributed by atoms with E-state index in [2.05, 4.69) is 15.4 Å². The van der Waals surface area contributed by atoms with Crippen molar-refractivity contribution in [1.82, 2.24) is 24.9 Å². The Hall–Kier alpha value is -2.22. The van der Waals surface area contributed by atoms with Gasteiger partial charge in [-0.25, -0.2) is 4.98 Å². The van der Waals surface area contributed by atoms with Crippen molar-refractivity contribution >= 4 is 23.9 Å². The molecule has 4 N–H and O–H groups in total. The molecule has 142 valence electrons. The predicted octanol–water partition coefficient (Wildman–Crippen LogP) is 2.29. The first-order chi connectivity index (χ1) is 12.7. The Labute approximate surface area is 163 Å². The lowest BCUT2D eigenvalue weighted by molar-refractivity contribution is 0.277. The van der Waals surface area contributed by atoms with Gasteiger partial charge in [-0.2, -0.15) is 9.61 Å². The van der Waals surface area contributed by atoms with Crippen molar-refractivity contribution in [3.63, 3.8) is 0 Å². The van der Waals surface area contributed by atoms with Crippen LogP contribution in [0.3, 0.4) is 0 Å². The van der Waals surface area contributed by atoms with E-state index in [4.69, 9.17) is 10.7 Å². The zero-order valence-electron chi connectivity index (χ0n) is 14.9. The molecule has 1 unspecified atom stereocenters. The number of halogens is 1. The lowest BCUT2D eigenvalue weighted by Crippen LogP contribution is -2.37. The molecule has 0 radical (unpaired) electrons. The summed E-state index contributed by atoms with van der Waals surface area (Å²) in [4.78, 5) is 9.22. The first-order valence-corrected chi connectivity index (χ1v) is 9.17. The summed E-state index contributed by atoms with van der Waals surface area (Å²) in [6.07, 6.45) is 8.30. The number of aliphatic hydroxyl groups excluding tert-OH is 1. The summed E-state index contributed by atoms with van der Waals surface area (Å²) in [6, 6.07) is 6.95. The normalized spacial score (nSPS) is 24.1. The number of pyridine rings is 1. The molecule has 5 heterocycles. The van der Waals surface area contributed by atoms with Gasteiger partial charge in [-0.3, -0.25) is 4.98 Å². The molecule has 0 aliphatic carbocycles. The highest BCUT2D eigenvalue weighted by Gasteiger charge is 2.35. The van der Waals surface area contributed by atoms with Crippen LogP contribution in [0.1, 0.15) is 43.0 Å². The third-order valence-corrected chi connectivity index (χ3v) is 5.71. The van der Waals surface area contributed by atoms with E-state index in [1.54, 1.807) is 16.9 Å². The van der Waals surface area contributed by atoms with Crippen molar-refractivity contribution in [2.24, 2.45) is 0 Å². The maximum absolute atomic E-state index is 9.18. The molecule has 2 aliphatic rings. The van der Waals surface area contributed by atoms with E-state index in [0.717, 1.165) is 35.3 Å². The van der Waals surface area contributed by atoms with Gasteiger partial charge < -0.3 is 16.2 Å². The number of anilines is 1. The number of nitrogen functional groups attached to an aromatic ring is 1. The first-order valence-electron chi connectivity index (χ1n) is 9.17. The number of aromatic nitrogens is 4. The molecular weight excluding hydrogens is 364 g/mol. The second-order valence-electron chi connectivity index (χ2n) is 7.40. The van der Waals surface area contributed by atoms with Crippen LogP contribution in [0.25, 0.3) is 16.8 Å². The minimum Gasteiger partial charge on any atom is -0.390 e. The smallest absolute Gasteiger partial charge is 0.165 e. The first kappa shape index (κ1) is 18.2. The fourth-order valence-corrected chi connectivity index (χ4v) is 4.39. The SMILES string of the molecule is Cl.Nc1cc(C2C[C@H]3CC[C@@H](C2)N3)nc2c(-c3ccc(CO)nc3)cnn12. The average Bonchev–Trinajstić information content (AvgIpc) is 3.25. The highest BCUT2D eigenvalue weighted by Crippen LogP contribution is 2.37. The van der Waals surface area contributed by atoms with E-state index < -0.39 is 0 Å². The van der Waals surface area contributed by atoms with Crippen molar-refractivity contribution in [1.29, 1.82) is 0 Å². The van der Waals surface area contributed by atoms with Gasteiger partial charge in [-0.15, -0.1) is 12.4 Å². The minimum absolute atomic E-state index is 0. The van der Waals surface area contributed by atoms with Gasteiger partial charge in [0, 0.05) is 47.1 Å². The number of hydrogen-bond acceptors (Lipinski definition) is 6. The van der Waals surface area contributed by atoms with Crippen molar-refractivity contribution in [3.05, 3.63) is 42.0 Å². The zero-order valence-corrected chi connectivity index (χ0v) is 15.7. The lowest BCUT2D eigenvalue weighted by atomic mass is 9.89. The molecule has 2 saturated heterocycles. The van der Waals surface area contributed by atoms with Gasteiger partial charge in [0.05, 0.1) is 18.5 Å². The molecule has 0 spiro atoms. The van der Waals surface area contributed by atoms with E-state index in [9.17, 15) is 5.11 Å². The molecule has 5 rings (SSSR count). The topological polar surface area (TPSA) is 101 Å². The molecule has 27 heavy (non-hydrogen) atoms. The third kappa shape index (κ3) is 3.16. The molecule has 2 fully saturated rings. The van der Waals surface area contributed by atoms with E-state index >= 15 is 0 Å². The summed E-state index contributed by atoms with van der Waals surface area (Å²) in [5, 5.41) is 17.3. The molecule has 0 aromatic carbocycles. The Kier molecular flexibility index (Phi) is 4.75. The van der Waals surface area contributed by atoms with Gasteiger partial charge in [0.25, 0.3) is 0 Å². The quantitative estimate of drug-likeness (QED) is 0.638. The molecule has 0 amide bonds. The molecule has 7 nitrogen and oxygen atoms in total. The van der Waals surface area contributed by atoms with Gasteiger partial charge in [0.1, 0.15) is 5.82 Å². The Bertz CT molecular complexity index is 945. The number of nitrogens with zero attached hydrogens (tertiary/aromatic N) is 4. The van der Waals surface area contributed by atoms with Crippen LogP contribution in [-0.2, 0) is 6.61 Å². The summed E-state index contributed by atoms with van der Waals surface area (Å²) in [7, 11) is 0. The van der Waals surface area contributed by atoms with Gasteiger partial charge in [0.15, 0.2) is 5.65 Å². The van der Waals surface area contributed by atoms with Crippen molar-refractivity contribution < 1.29 is 5.11 Å².